The number of hydrogen-bond donors (Lipinski definition) is 3. The van der Waals surface area contributed by atoms with Crippen LogP contribution in [0.4, 0.5) is 0 Å². The van der Waals surface area contributed by atoms with Crippen molar-refractivity contribution in [2.24, 2.45) is 23.5 Å². The first-order valence-electron chi connectivity index (χ1n) is 7.98. The maximum Gasteiger partial charge on any atom is 0.306 e. The highest BCUT2D eigenvalue weighted by molar-refractivity contribution is 5.76. The Morgan fingerprint density at radius 1 is 1.14 bits per heavy atom. The number of amides is 1. The fourth-order valence-electron chi connectivity index (χ4n) is 2.45. The van der Waals surface area contributed by atoms with Gasteiger partial charge in [0.25, 0.3) is 0 Å². The molecule has 0 fully saturated rings. The van der Waals surface area contributed by atoms with Crippen LogP contribution in [-0.2, 0) is 9.59 Å². The number of aliphatic carboxylic acids is 1. The van der Waals surface area contributed by atoms with Gasteiger partial charge in [0.05, 0.1) is 5.92 Å². The van der Waals surface area contributed by atoms with Gasteiger partial charge in [0.15, 0.2) is 0 Å². The second-order valence-corrected chi connectivity index (χ2v) is 6.57. The molecule has 0 aromatic carbocycles. The number of nitrogens with one attached hydrogen (secondary N) is 1. The van der Waals surface area contributed by atoms with Crippen LogP contribution in [0.15, 0.2) is 0 Å². The van der Waals surface area contributed by atoms with E-state index < -0.39 is 5.97 Å². The molecule has 0 spiro atoms. The zero-order chi connectivity index (χ0) is 16.4. The van der Waals surface area contributed by atoms with Gasteiger partial charge in [-0.2, -0.15) is 0 Å². The molecule has 0 saturated heterocycles. The van der Waals surface area contributed by atoms with E-state index in [4.69, 9.17) is 10.8 Å². The van der Waals surface area contributed by atoms with Crippen LogP contribution in [0.1, 0.15) is 59.8 Å². The lowest BCUT2D eigenvalue weighted by atomic mass is 9.94. The van der Waals surface area contributed by atoms with Crippen molar-refractivity contribution in [3.8, 4) is 0 Å². The lowest BCUT2D eigenvalue weighted by Gasteiger charge is -2.19. The predicted octanol–water partition coefficient (Wildman–Crippen LogP) is 2.39. The topological polar surface area (TPSA) is 92.4 Å². The fourth-order valence-corrected chi connectivity index (χ4v) is 2.45. The summed E-state index contributed by atoms with van der Waals surface area (Å²) in [5, 5.41) is 11.8. The molecule has 0 aliphatic heterocycles. The second-order valence-electron chi connectivity index (χ2n) is 6.57. The number of carbonyl (C=O) groups is 2. The highest BCUT2D eigenvalue weighted by atomic mass is 16.4. The van der Waals surface area contributed by atoms with Gasteiger partial charge >= 0.3 is 5.97 Å². The van der Waals surface area contributed by atoms with Gasteiger partial charge in [-0.3, -0.25) is 9.59 Å². The smallest absolute Gasteiger partial charge is 0.306 e. The molecular formula is C16H32N2O3. The first kappa shape index (κ1) is 19.9. The molecule has 1 amide bonds. The number of hydrogen-bond acceptors (Lipinski definition) is 3. The van der Waals surface area contributed by atoms with Crippen molar-refractivity contribution >= 4 is 11.9 Å². The van der Waals surface area contributed by atoms with Crippen molar-refractivity contribution in [1.29, 1.82) is 0 Å². The molecular weight excluding hydrogens is 268 g/mol. The molecule has 4 N–H and O–H groups in total. The first-order valence-corrected chi connectivity index (χ1v) is 7.98. The fraction of sp³-hybridized carbons (Fsp3) is 0.875. The van der Waals surface area contributed by atoms with Crippen molar-refractivity contribution in [3.63, 3.8) is 0 Å². The Balaban J connectivity index is 3.95. The van der Waals surface area contributed by atoms with Gasteiger partial charge in [-0.1, -0.05) is 27.2 Å². The van der Waals surface area contributed by atoms with Crippen molar-refractivity contribution < 1.29 is 14.7 Å². The van der Waals surface area contributed by atoms with Crippen LogP contribution in [0.5, 0.6) is 0 Å². The quantitative estimate of drug-likeness (QED) is 0.546. The molecule has 0 rings (SSSR count). The van der Waals surface area contributed by atoms with E-state index in [0.29, 0.717) is 25.3 Å². The summed E-state index contributed by atoms with van der Waals surface area (Å²) in [5.74, 6) is -0.248. The van der Waals surface area contributed by atoms with Crippen LogP contribution >= 0.6 is 0 Å². The third kappa shape index (κ3) is 10.3. The Kier molecular flexibility index (Phi) is 10.0. The second kappa shape index (κ2) is 10.6. The molecule has 3 atom stereocenters. The number of nitrogens with two attached hydrogens (primary N) is 1. The molecule has 0 bridgehead atoms. The molecule has 124 valence electrons. The highest BCUT2D eigenvalue weighted by Gasteiger charge is 2.16. The van der Waals surface area contributed by atoms with E-state index in [1.807, 2.05) is 6.92 Å². The average Bonchev–Trinajstić information content (AvgIpc) is 2.36. The molecule has 0 saturated carbocycles. The molecule has 0 aromatic heterocycles. The van der Waals surface area contributed by atoms with E-state index >= 15 is 0 Å². The van der Waals surface area contributed by atoms with E-state index in [1.165, 1.54) is 0 Å². The molecule has 5 heteroatoms. The molecule has 0 aliphatic rings. The van der Waals surface area contributed by atoms with Crippen LogP contribution in [0, 0.1) is 17.8 Å². The summed E-state index contributed by atoms with van der Waals surface area (Å²) in [7, 11) is 0. The van der Waals surface area contributed by atoms with Gasteiger partial charge in [0.2, 0.25) is 5.91 Å². The normalized spacial score (nSPS) is 15.5. The summed E-state index contributed by atoms with van der Waals surface area (Å²) in [4.78, 5) is 22.7. The van der Waals surface area contributed by atoms with Gasteiger partial charge in [0, 0.05) is 12.5 Å². The number of rotatable bonds is 11. The summed E-state index contributed by atoms with van der Waals surface area (Å²) < 4.78 is 0. The lowest BCUT2D eigenvalue weighted by molar-refractivity contribution is -0.141. The Morgan fingerprint density at radius 3 is 2.24 bits per heavy atom. The van der Waals surface area contributed by atoms with Crippen molar-refractivity contribution in [2.45, 2.75) is 65.8 Å². The monoisotopic (exact) mass is 300 g/mol. The number of carboxylic acids is 1. The Labute approximate surface area is 128 Å². The summed E-state index contributed by atoms with van der Waals surface area (Å²) >= 11 is 0. The van der Waals surface area contributed by atoms with E-state index in [-0.39, 0.29) is 23.8 Å². The third-order valence-electron chi connectivity index (χ3n) is 3.72. The van der Waals surface area contributed by atoms with Crippen LogP contribution < -0.4 is 11.1 Å². The van der Waals surface area contributed by atoms with Crippen molar-refractivity contribution in [2.75, 3.05) is 6.54 Å². The highest BCUT2D eigenvalue weighted by Crippen LogP contribution is 2.15. The average molecular weight is 300 g/mol. The zero-order valence-electron chi connectivity index (χ0n) is 13.9. The van der Waals surface area contributed by atoms with E-state index in [9.17, 15) is 9.59 Å². The molecule has 2 unspecified atom stereocenters. The van der Waals surface area contributed by atoms with E-state index in [2.05, 4.69) is 19.2 Å². The van der Waals surface area contributed by atoms with Crippen LogP contribution in [0.3, 0.4) is 0 Å². The van der Waals surface area contributed by atoms with Gasteiger partial charge in [-0.05, 0) is 44.6 Å². The Bertz CT molecular complexity index is 319. The van der Waals surface area contributed by atoms with Crippen molar-refractivity contribution in [3.05, 3.63) is 0 Å². The summed E-state index contributed by atoms with van der Waals surface area (Å²) in [5.41, 5.74) is 5.71. The largest absolute Gasteiger partial charge is 0.481 e. The van der Waals surface area contributed by atoms with E-state index in [0.717, 1.165) is 19.3 Å². The Morgan fingerprint density at radius 2 is 1.76 bits per heavy atom. The standard InChI is InChI=1S/C16H32N2O3/c1-11(2)8-14(10-17)9-15(19)18-13(4)7-5-6-12(3)16(20)21/h11-14H,5-10,17H2,1-4H3,(H,18,19)(H,20,21)/t12?,13?,14-/m0/s1. The predicted molar refractivity (Wildman–Crippen MR) is 84.9 cm³/mol. The molecule has 0 aliphatic carbocycles. The molecule has 0 aromatic rings. The van der Waals surface area contributed by atoms with Gasteiger partial charge < -0.3 is 16.2 Å². The van der Waals surface area contributed by atoms with Crippen molar-refractivity contribution in [1.82, 2.24) is 5.32 Å². The minimum absolute atomic E-state index is 0.0462. The van der Waals surface area contributed by atoms with Gasteiger partial charge in [0.1, 0.15) is 0 Å². The van der Waals surface area contributed by atoms with E-state index in [1.54, 1.807) is 6.92 Å². The summed E-state index contributed by atoms with van der Waals surface area (Å²) in [6, 6.07) is 0.0796. The van der Waals surface area contributed by atoms with Crippen LogP contribution in [0.2, 0.25) is 0 Å². The minimum atomic E-state index is -0.758. The molecule has 0 radical (unpaired) electrons. The summed E-state index contributed by atoms with van der Waals surface area (Å²) in [6.45, 7) is 8.47. The molecule has 5 nitrogen and oxygen atoms in total. The van der Waals surface area contributed by atoms with Gasteiger partial charge in [-0.25, -0.2) is 0 Å². The summed E-state index contributed by atoms with van der Waals surface area (Å²) in [6.07, 6.45) is 3.70. The Hall–Kier alpha value is -1.10. The zero-order valence-corrected chi connectivity index (χ0v) is 13.9. The number of carboxylic acid groups (broad SMARTS) is 1. The van der Waals surface area contributed by atoms with Gasteiger partial charge in [-0.15, -0.1) is 0 Å². The lowest BCUT2D eigenvalue weighted by Crippen LogP contribution is -2.35. The van der Waals surface area contributed by atoms with Crippen LogP contribution in [-0.4, -0.2) is 29.6 Å². The minimum Gasteiger partial charge on any atom is -0.481 e. The number of carbonyl (C=O) groups excluding carboxylic acids is 1. The molecule has 0 heterocycles. The SMILES string of the molecule is CC(C)C[C@H](CN)CC(=O)NC(C)CCCC(C)C(=O)O. The maximum absolute atomic E-state index is 11.9. The first-order chi connectivity index (χ1) is 9.76. The third-order valence-corrected chi connectivity index (χ3v) is 3.72. The van der Waals surface area contributed by atoms with Crippen LogP contribution in [0.25, 0.3) is 0 Å². The maximum atomic E-state index is 11.9. The molecule has 21 heavy (non-hydrogen) atoms.